The van der Waals surface area contributed by atoms with E-state index in [4.69, 9.17) is 11.6 Å². The van der Waals surface area contributed by atoms with E-state index in [-0.39, 0.29) is 12.3 Å². The number of halogens is 1. The summed E-state index contributed by atoms with van der Waals surface area (Å²) >= 11 is 7.40. The van der Waals surface area contributed by atoms with Gasteiger partial charge < -0.3 is 5.32 Å². The molecular formula is C16H13ClN2OS. The van der Waals surface area contributed by atoms with E-state index in [1.807, 2.05) is 37.3 Å². The van der Waals surface area contributed by atoms with Crippen LogP contribution in [0.3, 0.4) is 0 Å². The number of aryl methyl sites for hydroxylation is 1. The van der Waals surface area contributed by atoms with E-state index in [1.165, 1.54) is 11.3 Å². The molecule has 3 rings (SSSR count). The number of carbonyl (C=O) groups is 1. The highest BCUT2D eigenvalue weighted by Gasteiger charge is 2.09. The van der Waals surface area contributed by atoms with Gasteiger partial charge in [-0.2, -0.15) is 0 Å². The largest absolute Gasteiger partial charge is 0.302 e. The van der Waals surface area contributed by atoms with Crippen molar-refractivity contribution in [3.63, 3.8) is 0 Å². The van der Waals surface area contributed by atoms with E-state index in [0.29, 0.717) is 10.2 Å². The van der Waals surface area contributed by atoms with Gasteiger partial charge >= 0.3 is 0 Å². The second kappa shape index (κ2) is 5.84. The van der Waals surface area contributed by atoms with Crippen molar-refractivity contribution in [2.45, 2.75) is 13.3 Å². The number of amides is 1. The highest BCUT2D eigenvalue weighted by Crippen LogP contribution is 2.27. The Morgan fingerprint density at radius 3 is 2.86 bits per heavy atom. The number of hydrogen-bond acceptors (Lipinski definition) is 3. The van der Waals surface area contributed by atoms with Crippen LogP contribution in [0.1, 0.15) is 11.1 Å². The third-order valence-corrected chi connectivity index (χ3v) is 4.29. The lowest BCUT2D eigenvalue weighted by Gasteiger charge is -2.02. The van der Waals surface area contributed by atoms with Crippen LogP contribution in [-0.4, -0.2) is 10.9 Å². The summed E-state index contributed by atoms with van der Waals surface area (Å²) in [6.45, 7) is 2.01. The lowest BCUT2D eigenvalue weighted by atomic mass is 10.1. The van der Waals surface area contributed by atoms with Gasteiger partial charge in [-0.05, 0) is 36.2 Å². The maximum absolute atomic E-state index is 12.1. The van der Waals surface area contributed by atoms with Crippen molar-refractivity contribution < 1.29 is 4.79 Å². The number of hydrogen-bond donors (Lipinski definition) is 1. The van der Waals surface area contributed by atoms with Crippen molar-refractivity contribution in [2.75, 3.05) is 5.32 Å². The van der Waals surface area contributed by atoms with E-state index >= 15 is 0 Å². The Bertz CT molecular complexity index is 813. The number of nitrogens with one attached hydrogen (secondary N) is 1. The topological polar surface area (TPSA) is 42.0 Å². The van der Waals surface area contributed by atoms with E-state index in [0.717, 1.165) is 21.3 Å². The van der Waals surface area contributed by atoms with Crippen molar-refractivity contribution in [1.82, 2.24) is 4.98 Å². The molecule has 0 atom stereocenters. The quantitative estimate of drug-likeness (QED) is 0.776. The molecule has 21 heavy (non-hydrogen) atoms. The molecule has 3 aromatic rings. The van der Waals surface area contributed by atoms with Gasteiger partial charge in [0.15, 0.2) is 5.13 Å². The van der Waals surface area contributed by atoms with Crippen LogP contribution in [0.2, 0.25) is 5.02 Å². The minimum absolute atomic E-state index is 0.0889. The number of carbonyl (C=O) groups excluding carboxylic acids is 1. The Morgan fingerprint density at radius 1 is 1.29 bits per heavy atom. The molecule has 5 heteroatoms. The average molecular weight is 317 g/mol. The maximum atomic E-state index is 12.1. The molecule has 0 aliphatic rings. The Balaban J connectivity index is 1.75. The molecule has 1 heterocycles. The number of thiazole rings is 1. The fraction of sp³-hybridized carbons (Fsp3) is 0.125. The monoisotopic (exact) mass is 316 g/mol. The normalized spacial score (nSPS) is 10.8. The summed E-state index contributed by atoms with van der Waals surface area (Å²) < 4.78 is 1.08. The van der Waals surface area contributed by atoms with E-state index in [9.17, 15) is 4.79 Å². The first-order valence-corrected chi connectivity index (χ1v) is 7.72. The molecule has 0 fully saturated rings. The van der Waals surface area contributed by atoms with Crippen molar-refractivity contribution in [3.8, 4) is 0 Å². The SMILES string of the molecule is Cc1cccc2sc(NC(=O)Cc3cccc(Cl)c3)nc12. The number of benzene rings is 2. The summed E-state index contributed by atoms with van der Waals surface area (Å²) in [5.41, 5.74) is 2.94. The second-order valence-electron chi connectivity index (χ2n) is 4.80. The number of nitrogens with zero attached hydrogens (tertiary/aromatic N) is 1. The highest BCUT2D eigenvalue weighted by molar-refractivity contribution is 7.22. The van der Waals surface area contributed by atoms with Gasteiger partial charge in [-0.15, -0.1) is 0 Å². The fourth-order valence-electron chi connectivity index (χ4n) is 2.14. The summed E-state index contributed by atoms with van der Waals surface area (Å²) in [5, 5.41) is 4.12. The molecule has 0 saturated heterocycles. The molecule has 1 aromatic heterocycles. The number of anilines is 1. The third-order valence-electron chi connectivity index (χ3n) is 3.12. The number of fused-ring (bicyclic) bond motifs is 1. The van der Waals surface area contributed by atoms with Gasteiger partial charge in [-0.25, -0.2) is 4.98 Å². The lowest BCUT2D eigenvalue weighted by Crippen LogP contribution is -2.14. The van der Waals surface area contributed by atoms with Gasteiger partial charge in [0.25, 0.3) is 0 Å². The van der Waals surface area contributed by atoms with E-state index < -0.39 is 0 Å². The third kappa shape index (κ3) is 3.23. The van der Waals surface area contributed by atoms with Crippen LogP contribution in [0.4, 0.5) is 5.13 Å². The predicted molar refractivity (Wildman–Crippen MR) is 88.1 cm³/mol. The molecule has 3 nitrogen and oxygen atoms in total. The predicted octanol–water partition coefficient (Wildman–Crippen LogP) is 4.44. The molecule has 0 saturated carbocycles. The number of para-hydroxylation sites is 1. The molecule has 0 spiro atoms. The summed E-state index contributed by atoms with van der Waals surface area (Å²) in [7, 11) is 0. The molecule has 0 bridgehead atoms. The second-order valence-corrected chi connectivity index (χ2v) is 6.26. The lowest BCUT2D eigenvalue weighted by molar-refractivity contribution is -0.115. The Kier molecular flexibility index (Phi) is 3.90. The first-order chi connectivity index (χ1) is 10.1. The van der Waals surface area contributed by atoms with Crippen LogP contribution in [0.15, 0.2) is 42.5 Å². The highest BCUT2D eigenvalue weighted by atomic mass is 35.5. The Labute approximate surface area is 131 Å². The number of rotatable bonds is 3. The average Bonchev–Trinajstić information content (AvgIpc) is 2.82. The smallest absolute Gasteiger partial charge is 0.230 e. The minimum atomic E-state index is -0.0889. The maximum Gasteiger partial charge on any atom is 0.230 e. The van der Waals surface area contributed by atoms with Gasteiger partial charge in [-0.3, -0.25) is 4.79 Å². The molecule has 1 amide bonds. The molecule has 0 radical (unpaired) electrons. The van der Waals surface area contributed by atoms with E-state index in [2.05, 4.69) is 10.3 Å². The molecule has 106 valence electrons. The molecule has 0 aliphatic heterocycles. The summed E-state index contributed by atoms with van der Waals surface area (Å²) in [5.74, 6) is -0.0889. The molecular weight excluding hydrogens is 304 g/mol. The summed E-state index contributed by atoms with van der Waals surface area (Å²) in [4.78, 5) is 16.5. The molecule has 2 aromatic carbocycles. The van der Waals surface area contributed by atoms with Gasteiger partial charge in [0.2, 0.25) is 5.91 Å². The zero-order valence-corrected chi connectivity index (χ0v) is 13.0. The first-order valence-electron chi connectivity index (χ1n) is 6.52. The fourth-order valence-corrected chi connectivity index (χ4v) is 3.31. The molecule has 0 aliphatic carbocycles. The Morgan fingerprint density at radius 2 is 2.10 bits per heavy atom. The van der Waals surface area contributed by atoms with Crippen molar-refractivity contribution in [1.29, 1.82) is 0 Å². The zero-order chi connectivity index (χ0) is 14.8. The van der Waals surface area contributed by atoms with Crippen molar-refractivity contribution in [2.24, 2.45) is 0 Å². The van der Waals surface area contributed by atoms with Gasteiger partial charge in [0.05, 0.1) is 16.6 Å². The van der Waals surface area contributed by atoms with Gasteiger partial charge in [0, 0.05) is 5.02 Å². The van der Waals surface area contributed by atoms with Crippen LogP contribution < -0.4 is 5.32 Å². The van der Waals surface area contributed by atoms with Crippen LogP contribution in [0.25, 0.3) is 10.2 Å². The standard InChI is InChI=1S/C16H13ClN2OS/c1-10-4-2-7-13-15(10)19-16(21-13)18-14(20)9-11-5-3-6-12(17)8-11/h2-8H,9H2,1H3,(H,18,19,20). The van der Waals surface area contributed by atoms with Crippen LogP contribution in [0, 0.1) is 6.92 Å². The van der Waals surface area contributed by atoms with Crippen LogP contribution in [0.5, 0.6) is 0 Å². The molecule has 0 unspecified atom stereocenters. The van der Waals surface area contributed by atoms with Gasteiger partial charge in [-0.1, -0.05) is 47.2 Å². The first kappa shape index (κ1) is 14.0. The van der Waals surface area contributed by atoms with E-state index in [1.54, 1.807) is 12.1 Å². The van der Waals surface area contributed by atoms with Crippen molar-refractivity contribution >= 4 is 44.2 Å². The zero-order valence-electron chi connectivity index (χ0n) is 11.4. The Hall–Kier alpha value is -1.91. The number of aromatic nitrogens is 1. The van der Waals surface area contributed by atoms with Crippen LogP contribution in [-0.2, 0) is 11.2 Å². The molecule has 1 N–H and O–H groups in total. The summed E-state index contributed by atoms with van der Waals surface area (Å²) in [6.07, 6.45) is 0.287. The van der Waals surface area contributed by atoms with Crippen LogP contribution >= 0.6 is 22.9 Å². The summed E-state index contributed by atoms with van der Waals surface area (Å²) in [6, 6.07) is 13.3. The minimum Gasteiger partial charge on any atom is -0.302 e. The van der Waals surface area contributed by atoms with Gasteiger partial charge in [0.1, 0.15) is 0 Å². The van der Waals surface area contributed by atoms with Crippen molar-refractivity contribution in [3.05, 3.63) is 58.6 Å².